The molecule has 0 fully saturated rings. The Hall–Kier alpha value is -1.24. The van der Waals surface area contributed by atoms with E-state index >= 15 is 0 Å². The average molecular weight is 693 g/mol. The minimum absolute atomic E-state index is 0.217. The van der Waals surface area contributed by atoms with Crippen molar-refractivity contribution in [2.24, 2.45) is 0 Å². The third-order valence-electron chi connectivity index (χ3n) is 6.90. The van der Waals surface area contributed by atoms with E-state index in [1.165, 1.54) is 88.2 Å². The highest BCUT2D eigenvalue weighted by molar-refractivity contribution is 9.09. The number of unbranched alkanes of at least 4 members (excludes halogenated alkanes) is 12. The smallest absolute Gasteiger partial charge is 0.150 e. The third kappa shape index (κ3) is 20.3. The Morgan fingerprint density at radius 2 is 0.902 bits per heavy atom. The van der Waals surface area contributed by atoms with Crippen molar-refractivity contribution >= 4 is 44.0 Å². The van der Waals surface area contributed by atoms with Gasteiger partial charge in [-0.15, -0.1) is 0 Å². The van der Waals surface area contributed by atoms with Crippen LogP contribution in [-0.2, 0) is 27.4 Å². The fraction of sp³-hybridized carbons (Fsp3) is 0.556. The summed E-state index contributed by atoms with van der Waals surface area (Å²) in [6, 6.07) is 17.0. The normalized spacial score (nSPS) is 11.8. The minimum Gasteiger partial charge on any atom is -0.351 e. The van der Waals surface area contributed by atoms with Crippen molar-refractivity contribution in [1.82, 2.24) is 0 Å². The molecule has 41 heavy (non-hydrogen) atoms. The Bertz CT molecular complexity index is 868. The van der Waals surface area contributed by atoms with Crippen LogP contribution in [0.5, 0.6) is 0 Å². The molecule has 0 aliphatic carbocycles. The summed E-state index contributed by atoms with van der Waals surface area (Å²) >= 11 is 7.00. The highest BCUT2D eigenvalue weighted by Gasteiger charge is 1.98. The summed E-state index contributed by atoms with van der Waals surface area (Å²) < 4.78 is 16.9. The predicted octanol–water partition coefficient (Wildman–Crippen LogP) is 11.6. The second-order valence-electron chi connectivity index (χ2n) is 10.6. The molecule has 228 valence electrons. The molecule has 0 aromatic heterocycles. The molecule has 0 atom stereocenters. The lowest BCUT2D eigenvalue weighted by Gasteiger charge is -2.08. The fourth-order valence-corrected chi connectivity index (χ4v) is 5.40. The van der Waals surface area contributed by atoms with Gasteiger partial charge in [-0.3, -0.25) is 0 Å². The molecule has 0 aliphatic rings. The summed E-state index contributed by atoms with van der Waals surface area (Å²) in [5.74, 6) is 0. The molecule has 5 heteroatoms. The van der Waals surface area contributed by atoms with Gasteiger partial charge >= 0.3 is 0 Å². The molecule has 0 heterocycles. The van der Waals surface area contributed by atoms with E-state index in [9.17, 15) is 0 Å². The first-order valence-corrected chi connectivity index (χ1v) is 17.9. The molecule has 0 radical (unpaired) electrons. The Morgan fingerprint density at radius 1 is 0.488 bits per heavy atom. The summed E-state index contributed by atoms with van der Waals surface area (Å²) in [4.78, 5) is 0. The summed E-state index contributed by atoms with van der Waals surface area (Å²) in [5.41, 5.74) is 4.75. The molecule has 2 aromatic rings. The molecule has 3 nitrogen and oxygen atoms in total. The van der Waals surface area contributed by atoms with Gasteiger partial charge in [0.1, 0.15) is 13.6 Å². The van der Waals surface area contributed by atoms with Crippen molar-refractivity contribution in [3.63, 3.8) is 0 Å². The van der Waals surface area contributed by atoms with E-state index in [0.29, 0.717) is 13.2 Å². The van der Waals surface area contributed by atoms with Gasteiger partial charge in [0.25, 0.3) is 0 Å². The van der Waals surface area contributed by atoms with E-state index in [4.69, 9.17) is 14.2 Å². The standard InChI is InChI=1S/C36H52Br2O3/c37-25-15-11-7-3-1-5-9-13-19-33-21-17-23-35(27-33)29-39-31-41-32-40-30-36-24-18-22-34(28-36)20-14-10-6-2-4-8-12-16-26-38/h13-14,17-24,27-28H,1-12,15-16,25-26,29-32H2. The highest BCUT2D eigenvalue weighted by atomic mass is 79.9. The molecule has 0 saturated heterocycles. The Morgan fingerprint density at radius 3 is 1.34 bits per heavy atom. The van der Waals surface area contributed by atoms with Gasteiger partial charge in [-0.25, -0.2) is 0 Å². The lowest BCUT2D eigenvalue weighted by Crippen LogP contribution is -2.05. The number of alkyl halides is 2. The molecule has 0 bridgehead atoms. The topological polar surface area (TPSA) is 27.7 Å². The molecule has 2 aromatic carbocycles. The average Bonchev–Trinajstić information content (AvgIpc) is 2.99. The second kappa shape index (κ2) is 26.4. The Kier molecular flexibility index (Phi) is 23.1. The van der Waals surface area contributed by atoms with Gasteiger partial charge in [-0.05, 0) is 72.9 Å². The first kappa shape index (κ1) is 36.0. The maximum absolute atomic E-state index is 5.70. The van der Waals surface area contributed by atoms with Crippen LogP contribution in [-0.4, -0.2) is 24.2 Å². The number of hydrogen-bond acceptors (Lipinski definition) is 3. The summed E-state index contributed by atoms with van der Waals surface area (Å²) in [6.45, 7) is 1.49. The maximum Gasteiger partial charge on any atom is 0.150 e. The zero-order chi connectivity index (χ0) is 29.1. The number of benzene rings is 2. The van der Waals surface area contributed by atoms with Crippen LogP contribution in [0.3, 0.4) is 0 Å². The predicted molar refractivity (Wildman–Crippen MR) is 184 cm³/mol. The lowest BCUT2D eigenvalue weighted by atomic mass is 10.1. The number of hydrogen-bond donors (Lipinski definition) is 0. The van der Waals surface area contributed by atoms with Crippen LogP contribution in [0.15, 0.2) is 60.7 Å². The number of rotatable bonds is 26. The van der Waals surface area contributed by atoms with Crippen LogP contribution < -0.4 is 0 Å². The van der Waals surface area contributed by atoms with Gasteiger partial charge in [-0.2, -0.15) is 0 Å². The molecule has 0 unspecified atom stereocenters. The molecule has 0 amide bonds. The van der Waals surface area contributed by atoms with Crippen molar-refractivity contribution in [2.45, 2.75) is 103 Å². The fourth-order valence-electron chi connectivity index (χ4n) is 4.61. The van der Waals surface area contributed by atoms with E-state index < -0.39 is 0 Å². The largest absolute Gasteiger partial charge is 0.351 e. The molecular weight excluding hydrogens is 640 g/mol. The first-order valence-electron chi connectivity index (χ1n) is 15.7. The van der Waals surface area contributed by atoms with E-state index in [1.54, 1.807) is 0 Å². The maximum atomic E-state index is 5.70. The zero-order valence-electron chi connectivity index (χ0n) is 25.1. The minimum atomic E-state index is 0.217. The SMILES string of the molecule is BrCCCCCCCCC=Cc1cccc(COCOCOCc2cccc(C=CCCCCCCCCBr)c2)c1. The van der Waals surface area contributed by atoms with Gasteiger partial charge in [0.05, 0.1) is 13.2 Å². The molecule has 0 aliphatic heterocycles. The van der Waals surface area contributed by atoms with Gasteiger partial charge < -0.3 is 14.2 Å². The van der Waals surface area contributed by atoms with Crippen molar-refractivity contribution in [3.05, 3.63) is 82.9 Å². The van der Waals surface area contributed by atoms with E-state index in [0.717, 1.165) is 34.6 Å². The van der Waals surface area contributed by atoms with E-state index in [2.05, 4.69) is 105 Å². The van der Waals surface area contributed by atoms with Crippen molar-refractivity contribution < 1.29 is 14.2 Å². The highest BCUT2D eigenvalue weighted by Crippen LogP contribution is 2.13. The van der Waals surface area contributed by atoms with E-state index in [1.807, 2.05) is 0 Å². The second-order valence-corrected chi connectivity index (χ2v) is 12.2. The van der Waals surface area contributed by atoms with Gasteiger partial charge in [-0.1, -0.05) is 144 Å². The molecule has 0 spiro atoms. The molecule has 0 N–H and O–H groups in total. The summed E-state index contributed by atoms with van der Waals surface area (Å²) in [6.07, 6.45) is 27.2. The van der Waals surface area contributed by atoms with Crippen LogP contribution in [0.1, 0.15) is 112 Å². The van der Waals surface area contributed by atoms with Crippen LogP contribution in [0.2, 0.25) is 0 Å². The molecule has 2 rings (SSSR count). The van der Waals surface area contributed by atoms with Crippen molar-refractivity contribution in [3.8, 4) is 0 Å². The van der Waals surface area contributed by atoms with Gasteiger partial charge in [0, 0.05) is 10.7 Å². The quantitative estimate of drug-likeness (QED) is 0.0558. The van der Waals surface area contributed by atoms with Crippen LogP contribution in [0.4, 0.5) is 0 Å². The molecule has 0 saturated carbocycles. The van der Waals surface area contributed by atoms with E-state index in [-0.39, 0.29) is 13.6 Å². The summed E-state index contributed by atoms with van der Waals surface area (Å²) in [7, 11) is 0. The van der Waals surface area contributed by atoms with Crippen molar-refractivity contribution in [2.75, 3.05) is 24.2 Å². The number of halogens is 2. The lowest BCUT2D eigenvalue weighted by molar-refractivity contribution is -0.139. The van der Waals surface area contributed by atoms with Gasteiger partial charge in [0.2, 0.25) is 0 Å². The Labute approximate surface area is 267 Å². The van der Waals surface area contributed by atoms with Crippen molar-refractivity contribution in [1.29, 1.82) is 0 Å². The van der Waals surface area contributed by atoms with Crippen LogP contribution in [0.25, 0.3) is 12.2 Å². The monoisotopic (exact) mass is 690 g/mol. The zero-order valence-corrected chi connectivity index (χ0v) is 28.2. The third-order valence-corrected chi connectivity index (χ3v) is 8.02. The first-order chi connectivity index (χ1) is 20.3. The van der Waals surface area contributed by atoms with Gasteiger partial charge in [0.15, 0.2) is 0 Å². The Balaban J connectivity index is 1.51. The summed E-state index contributed by atoms with van der Waals surface area (Å²) in [5, 5.41) is 2.27. The number of allylic oxidation sites excluding steroid dienone is 2. The van der Waals surface area contributed by atoms with Crippen LogP contribution >= 0.6 is 31.9 Å². The number of ether oxygens (including phenoxy) is 3. The van der Waals surface area contributed by atoms with Crippen LogP contribution in [0, 0.1) is 0 Å². The molecular formula is C36H52Br2O3.